The normalized spacial score (nSPS) is 14.9. The van der Waals surface area contributed by atoms with Crippen molar-refractivity contribution in [2.45, 2.75) is 13.3 Å². The lowest BCUT2D eigenvalue weighted by molar-refractivity contribution is 0.101. The van der Waals surface area contributed by atoms with E-state index in [2.05, 4.69) is 34.5 Å². The number of anilines is 1. The first kappa shape index (κ1) is 18.1. The van der Waals surface area contributed by atoms with E-state index >= 15 is 0 Å². The minimum atomic E-state index is -0.0803. The van der Waals surface area contributed by atoms with Gasteiger partial charge in [-0.05, 0) is 43.2 Å². The number of Topliss-reactive ketones (excluding diaryl/α,β-unsaturated/α-hetero) is 1. The second-order valence-electron chi connectivity index (χ2n) is 6.63. The zero-order valence-corrected chi connectivity index (χ0v) is 15.1. The predicted molar refractivity (Wildman–Crippen MR) is 104 cm³/mol. The molecule has 0 spiro atoms. The number of nitrogens with one attached hydrogen (secondary N) is 1. The molecule has 0 aromatic heterocycles. The fourth-order valence-electron chi connectivity index (χ4n) is 3.10. The van der Waals surface area contributed by atoms with Gasteiger partial charge in [0, 0.05) is 44.0 Å². The number of ketones is 1. The van der Waals surface area contributed by atoms with Crippen molar-refractivity contribution in [1.29, 1.82) is 0 Å². The van der Waals surface area contributed by atoms with Crippen LogP contribution in [0.15, 0.2) is 54.6 Å². The summed E-state index contributed by atoms with van der Waals surface area (Å²) in [5.41, 5.74) is 2.71. The van der Waals surface area contributed by atoms with Crippen LogP contribution < -0.4 is 5.32 Å². The second kappa shape index (κ2) is 8.63. The van der Waals surface area contributed by atoms with Crippen LogP contribution in [0.4, 0.5) is 10.5 Å². The molecule has 2 amide bonds. The van der Waals surface area contributed by atoms with Crippen molar-refractivity contribution < 1.29 is 9.59 Å². The molecule has 2 aromatic carbocycles. The summed E-state index contributed by atoms with van der Waals surface area (Å²) in [4.78, 5) is 27.9. The molecule has 0 bridgehead atoms. The van der Waals surface area contributed by atoms with E-state index in [1.54, 1.807) is 24.3 Å². The third-order valence-electron chi connectivity index (χ3n) is 4.76. The largest absolute Gasteiger partial charge is 0.322 e. The fourth-order valence-corrected chi connectivity index (χ4v) is 3.10. The molecule has 26 heavy (non-hydrogen) atoms. The molecule has 1 aliphatic rings. The Labute approximate surface area is 154 Å². The molecule has 1 heterocycles. The van der Waals surface area contributed by atoms with E-state index in [0.717, 1.165) is 39.1 Å². The molecular weight excluding hydrogens is 326 g/mol. The maximum atomic E-state index is 12.4. The summed E-state index contributed by atoms with van der Waals surface area (Å²) in [7, 11) is 0. The van der Waals surface area contributed by atoms with Crippen LogP contribution in [0.5, 0.6) is 0 Å². The lowest BCUT2D eigenvalue weighted by Gasteiger charge is -2.34. The minimum absolute atomic E-state index is 0.0227. The lowest BCUT2D eigenvalue weighted by Crippen LogP contribution is -2.50. The van der Waals surface area contributed by atoms with E-state index in [-0.39, 0.29) is 11.8 Å². The first-order chi connectivity index (χ1) is 12.6. The third kappa shape index (κ3) is 4.92. The van der Waals surface area contributed by atoms with Crippen LogP contribution >= 0.6 is 0 Å². The number of hydrogen-bond donors (Lipinski definition) is 1. The Morgan fingerprint density at radius 1 is 0.923 bits per heavy atom. The predicted octanol–water partition coefficient (Wildman–Crippen LogP) is 3.28. The molecule has 0 atom stereocenters. The average molecular weight is 351 g/mol. The Hall–Kier alpha value is -2.66. The summed E-state index contributed by atoms with van der Waals surface area (Å²) in [6.45, 7) is 5.79. The van der Waals surface area contributed by atoms with E-state index < -0.39 is 0 Å². The highest BCUT2D eigenvalue weighted by atomic mass is 16.2. The third-order valence-corrected chi connectivity index (χ3v) is 4.76. The lowest BCUT2D eigenvalue weighted by atomic mass is 10.1. The molecule has 5 heteroatoms. The summed E-state index contributed by atoms with van der Waals surface area (Å²) >= 11 is 0. The highest BCUT2D eigenvalue weighted by molar-refractivity contribution is 5.95. The quantitative estimate of drug-likeness (QED) is 0.841. The molecule has 0 aliphatic carbocycles. The van der Waals surface area contributed by atoms with Crippen molar-refractivity contribution in [1.82, 2.24) is 9.80 Å². The zero-order valence-electron chi connectivity index (χ0n) is 15.1. The van der Waals surface area contributed by atoms with E-state index in [1.807, 2.05) is 11.0 Å². The van der Waals surface area contributed by atoms with Crippen LogP contribution in [-0.2, 0) is 6.42 Å². The Bertz CT molecular complexity index is 736. The number of urea groups is 1. The van der Waals surface area contributed by atoms with Crippen LogP contribution in [0.25, 0.3) is 0 Å². The highest BCUT2D eigenvalue weighted by Crippen LogP contribution is 2.12. The van der Waals surface area contributed by atoms with E-state index in [0.29, 0.717) is 11.3 Å². The molecule has 2 aromatic rings. The van der Waals surface area contributed by atoms with Crippen molar-refractivity contribution in [3.8, 4) is 0 Å². The Morgan fingerprint density at radius 2 is 1.58 bits per heavy atom. The van der Waals surface area contributed by atoms with E-state index in [4.69, 9.17) is 0 Å². The van der Waals surface area contributed by atoms with Gasteiger partial charge in [-0.1, -0.05) is 30.3 Å². The smallest absolute Gasteiger partial charge is 0.321 e. The summed E-state index contributed by atoms with van der Waals surface area (Å²) in [5, 5.41) is 2.91. The van der Waals surface area contributed by atoms with Gasteiger partial charge in [-0.3, -0.25) is 9.69 Å². The summed E-state index contributed by atoms with van der Waals surface area (Å²) in [5.74, 6) is 0.0227. The first-order valence-corrected chi connectivity index (χ1v) is 9.05. The van der Waals surface area contributed by atoms with Gasteiger partial charge >= 0.3 is 6.03 Å². The fraction of sp³-hybridized carbons (Fsp3) is 0.333. The van der Waals surface area contributed by atoms with Gasteiger partial charge in [0.2, 0.25) is 0 Å². The van der Waals surface area contributed by atoms with Crippen LogP contribution in [-0.4, -0.2) is 54.3 Å². The monoisotopic (exact) mass is 351 g/mol. The van der Waals surface area contributed by atoms with Gasteiger partial charge in [0.05, 0.1) is 0 Å². The van der Waals surface area contributed by atoms with Gasteiger partial charge < -0.3 is 10.2 Å². The molecule has 1 fully saturated rings. The van der Waals surface area contributed by atoms with Gasteiger partial charge in [-0.25, -0.2) is 4.79 Å². The van der Waals surface area contributed by atoms with Crippen LogP contribution in [0, 0.1) is 0 Å². The zero-order chi connectivity index (χ0) is 18.4. The van der Waals surface area contributed by atoms with Gasteiger partial charge in [0.25, 0.3) is 0 Å². The number of hydrogen-bond acceptors (Lipinski definition) is 3. The van der Waals surface area contributed by atoms with Crippen molar-refractivity contribution in [2.24, 2.45) is 0 Å². The molecule has 0 saturated carbocycles. The molecule has 0 radical (unpaired) electrons. The number of rotatable bonds is 5. The van der Waals surface area contributed by atoms with Crippen LogP contribution in [0.3, 0.4) is 0 Å². The molecule has 136 valence electrons. The van der Waals surface area contributed by atoms with E-state index in [9.17, 15) is 9.59 Å². The van der Waals surface area contributed by atoms with Crippen molar-refractivity contribution in [2.75, 3.05) is 38.0 Å². The Kier molecular flexibility index (Phi) is 6.02. The molecule has 1 N–H and O–H groups in total. The number of benzene rings is 2. The molecule has 3 rings (SSSR count). The Morgan fingerprint density at radius 3 is 2.19 bits per heavy atom. The number of carbonyl (C=O) groups is 2. The van der Waals surface area contributed by atoms with Gasteiger partial charge in [0.1, 0.15) is 0 Å². The van der Waals surface area contributed by atoms with Crippen LogP contribution in [0.2, 0.25) is 0 Å². The summed E-state index contributed by atoms with van der Waals surface area (Å²) in [6, 6.07) is 17.4. The summed E-state index contributed by atoms with van der Waals surface area (Å²) < 4.78 is 0. The minimum Gasteiger partial charge on any atom is -0.322 e. The molecule has 5 nitrogen and oxygen atoms in total. The molecular formula is C21H25N3O2. The van der Waals surface area contributed by atoms with Crippen molar-refractivity contribution in [3.63, 3.8) is 0 Å². The standard InChI is InChI=1S/C21H25N3O2/c1-17(25)19-7-9-20(10-8-19)22-21(26)24-15-13-23(14-16-24)12-11-18-5-3-2-4-6-18/h2-10H,11-16H2,1H3,(H,22,26). The summed E-state index contributed by atoms with van der Waals surface area (Å²) in [6.07, 6.45) is 1.04. The molecule has 0 unspecified atom stereocenters. The average Bonchev–Trinajstić information content (AvgIpc) is 2.68. The molecule has 1 saturated heterocycles. The van der Waals surface area contributed by atoms with Gasteiger partial charge in [-0.2, -0.15) is 0 Å². The van der Waals surface area contributed by atoms with Crippen molar-refractivity contribution in [3.05, 3.63) is 65.7 Å². The first-order valence-electron chi connectivity index (χ1n) is 9.05. The van der Waals surface area contributed by atoms with Gasteiger partial charge in [-0.15, -0.1) is 0 Å². The topological polar surface area (TPSA) is 52.7 Å². The second-order valence-corrected chi connectivity index (χ2v) is 6.63. The number of piperazine rings is 1. The van der Waals surface area contributed by atoms with Crippen molar-refractivity contribution >= 4 is 17.5 Å². The maximum Gasteiger partial charge on any atom is 0.321 e. The number of amides is 2. The van der Waals surface area contributed by atoms with E-state index in [1.165, 1.54) is 12.5 Å². The van der Waals surface area contributed by atoms with Gasteiger partial charge in [0.15, 0.2) is 5.78 Å². The maximum absolute atomic E-state index is 12.4. The SMILES string of the molecule is CC(=O)c1ccc(NC(=O)N2CCN(CCc3ccccc3)CC2)cc1. The highest BCUT2D eigenvalue weighted by Gasteiger charge is 2.20. The number of nitrogens with zero attached hydrogens (tertiary/aromatic N) is 2. The van der Waals surface area contributed by atoms with Crippen LogP contribution in [0.1, 0.15) is 22.8 Å². The Balaban J connectivity index is 1.43. The molecule has 1 aliphatic heterocycles. The number of carbonyl (C=O) groups excluding carboxylic acids is 2.